The maximum absolute atomic E-state index is 5.49. The van der Waals surface area contributed by atoms with E-state index < -0.39 is 0 Å². The summed E-state index contributed by atoms with van der Waals surface area (Å²) >= 11 is 5.49. The van der Waals surface area contributed by atoms with Crippen LogP contribution in [0.4, 0.5) is 0 Å². The number of ether oxygens (including phenoxy) is 1. The van der Waals surface area contributed by atoms with Crippen LogP contribution in [0.15, 0.2) is 30.6 Å². The lowest BCUT2D eigenvalue weighted by molar-refractivity contribution is 0.178. The molecule has 118 valence electrons. The minimum absolute atomic E-state index is 0.447. The van der Waals surface area contributed by atoms with Gasteiger partial charge in [0, 0.05) is 19.7 Å². The third-order valence-corrected chi connectivity index (χ3v) is 4.77. The maximum atomic E-state index is 5.49. The molecular formula is C16H22N4OS. The van der Waals surface area contributed by atoms with Crippen LogP contribution in [0.2, 0.25) is 0 Å². The molecule has 1 aliphatic rings. The van der Waals surface area contributed by atoms with E-state index in [4.69, 9.17) is 17.0 Å². The standard InChI is InChI=1S/C16H22N4OS/c1-18(15-8-7-13-5-3-4-6-14(13)15)12-20-16(22)19(11-17-20)9-10-21-2/h3-6,11,15H,7-10,12H2,1-2H3. The van der Waals surface area contributed by atoms with Gasteiger partial charge in [-0.2, -0.15) is 5.10 Å². The van der Waals surface area contributed by atoms with E-state index >= 15 is 0 Å². The Morgan fingerprint density at radius 2 is 2.23 bits per heavy atom. The fourth-order valence-corrected chi connectivity index (χ4v) is 3.36. The number of aryl methyl sites for hydroxylation is 1. The number of rotatable bonds is 6. The lowest BCUT2D eigenvalue weighted by atomic mass is 10.1. The molecule has 0 bridgehead atoms. The van der Waals surface area contributed by atoms with Gasteiger partial charge in [-0.15, -0.1) is 0 Å². The molecule has 0 radical (unpaired) electrons. The highest BCUT2D eigenvalue weighted by atomic mass is 32.1. The highest BCUT2D eigenvalue weighted by molar-refractivity contribution is 7.71. The molecule has 1 unspecified atom stereocenters. The summed E-state index contributed by atoms with van der Waals surface area (Å²) in [5.74, 6) is 0. The zero-order chi connectivity index (χ0) is 15.5. The largest absolute Gasteiger partial charge is 0.383 e. The van der Waals surface area contributed by atoms with Crippen LogP contribution in [-0.4, -0.2) is 40.0 Å². The quantitative estimate of drug-likeness (QED) is 0.767. The Kier molecular flexibility index (Phi) is 4.71. The average molecular weight is 318 g/mol. The molecule has 0 spiro atoms. The Morgan fingerprint density at radius 3 is 3.05 bits per heavy atom. The second-order valence-corrected chi connectivity index (χ2v) is 6.12. The van der Waals surface area contributed by atoms with E-state index in [1.54, 1.807) is 13.4 Å². The molecule has 0 aliphatic heterocycles. The minimum Gasteiger partial charge on any atom is -0.383 e. The predicted octanol–water partition coefficient (Wildman–Crippen LogP) is 2.64. The van der Waals surface area contributed by atoms with Crippen LogP contribution in [0.3, 0.4) is 0 Å². The Bertz CT molecular complexity index is 693. The summed E-state index contributed by atoms with van der Waals surface area (Å²) < 4.78 is 9.68. The van der Waals surface area contributed by atoms with Crippen LogP contribution >= 0.6 is 12.2 Å². The van der Waals surface area contributed by atoms with Crippen molar-refractivity contribution >= 4 is 12.2 Å². The van der Waals surface area contributed by atoms with Crippen molar-refractivity contribution < 1.29 is 4.74 Å². The van der Waals surface area contributed by atoms with Gasteiger partial charge < -0.3 is 9.30 Å². The van der Waals surface area contributed by atoms with E-state index in [9.17, 15) is 0 Å². The van der Waals surface area contributed by atoms with Crippen molar-refractivity contribution in [1.29, 1.82) is 0 Å². The summed E-state index contributed by atoms with van der Waals surface area (Å²) in [5, 5.41) is 4.41. The minimum atomic E-state index is 0.447. The molecule has 0 N–H and O–H groups in total. The Labute approximate surface area is 136 Å². The topological polar surface area (TPSA) is 35.2 Å². The van der Waals surface area contributed by atoms with E-state index in [0.29, 0.717) is 19.3 Å². The first-order valence-electron chi connectivity index (χ1n) is 7.60. The normalized spacial score (nSPS) is 17.1. The van der Waals surface area contributed by atoms with Gasteiger partial charge in [-0.3, -0.25) is 4.90 Å². The first-order chi connectivity index (χ1) is 10.7. The Morgan fingerprint density at radius 1 is 1.41 bits per heavy atom. The molecule has 3 rings (SSSR count). The molecule has 2 aromatic rings. The summed E-state index contributed by atoms with van der Waals surface area (Å²) in [4.78, 5) is 2.33. The average Bonchev–Trinajstić information content (AvgIpc) is 3.10. The first-order valence-corrected chi connectivity index (χ1v) is 8.00. The molecule has 0 saturated heterocycles. The molecule has 1 aromatic heterocycles. The van der Waals surface area contributed by atoms with Crippen LogP contribution in [-0.2, 0) is 24.4 Å². The fourth-order valence-electron chi connectivity index (χ4n) is 3.11. The number of aromatic nitrogens is 3. The van der Waals surface area contributed by atoms with Gasteiger partial charge in [0.05, 0.1) is 13.3 Å². The second-order valence-electron chi connectivity index (χ2n) is 5.75. The number of hydrogen-bond acceptors (Lipinski definition) is 4. The summed E-state index contributed by atoms with van der Waals surface area (Å²) in [6, 6.07) is 9.15. The summed E-state index contributed by atoms with van der Waals surface area (Å²) in [7, 11) is 3.84. The van der Waals surface area contributed by atoms with Gasteiger partial charge in [-0.05, 0) is 43.2 Å². The van der Waals surface area contributed by atoms with Gasteiger partial charge in [0.25, 0.3) is 0 Å². The molecule has 6 heteroatoms. The van der Waals surface area contributed by atoms with Crippen molar-refractivity contribution in [2.45, 2.75) is 32.1 Å². The molecule has 1 aliphatic carbocycles. The number of fused-ring (bicyclic) bond motifs is 1. The fraction of sp³-hybridized carbons (Fsp3) is 0.500. The van der Waals surface area contributed by atoms with Gasteiger partial charge in [0.2, 0.25) is 0 Å². The summed E-state index contributed by atoms with van der Waals surface area (Å²) in [6.45, 7) is 2.09. The van der Waals surface area contributed by atoms with Gasteiger partial charge in [-0.25, -0.2) is 4.68 Å². The van der Waals surface area contributed by atoms with Crippen LogP contribution < -0.4 is 0 Å². The van der Waals surface area contributed by atoms with E-state index in [1.807, 2.05) is 9.25 Å². The molecule has 0 saturated carbocycles. The number of hydrogen-bond donors (Lipinski definition) is 0. The van der Waals surface area contributed by atoms with E-state index in [1.165, 1.54) is 11.1 Å². The monoisotopic (exact) mass is 318 g/mol. The molecule has 5 nitrogen and oxygen atoms in total. The number of benzene rings is 1. The van der Waals surface area contributed by atoms with Crippen molar-refractivity contribution in [3.63, 3.8) is 0 Å². The van der Waals surface area contributed by atoms with Gasteiger partial charge in [0.15, 0.2) is 4.77 Å². The Balaban J connectivity index is 1.72. The van der Waals surface area contributed by atoms with E-state index in [2.05, 4.69) is 41.3 Å². The zero-order valence-electron chi connectivity index (χ0n) is 13.1. The lowest BCUT2D eigenvalue weighted by Gasteiger charge is -2.24. The predicted molar refractivity (Wildman–Crippen MR) is 88.2 cm³/mol. The molecule has 1 atom stereocenters. The molecule has 1 aromatic carbocycles. The molecular weight excluding hydrogens is 296 g/mol. The van der Waals surface area contributed by atoms with E-state index in [0.717, 1.165) is 24.2 Å². The molecule has 1 heterocycles. The second kappa shape index (κ2) is 6.73. The highest BCUT2D eigenvalue weighted by Gasteiger charge is 2.25. The van der Waals surface area contributed by atoms with Gasteiger partial charge in [0.1, 0.15) is 6.33 Å². The van der Waals surface area contributed by atoms with Crippen LogP contribution in [0.1, 0.15) is 23.6 Å². The Hall–Kier alpha value is -1.50. The highest BCUT2D eigenvalue weighted by Crippen LogP contribution is 2.34. The van der Waals surface area contributed by atoms with Crippen LogP contribution in [0, 0.1) is 4.77 Å². The lowest BCUT2D eigenvalue weighted by Crippen LogP contribution is -2.26. The van der Waals surface area contributed by atoms with Crippen molar-refractivity contribution in [3.05, 3.63) is 46.5 Å². The van der Waals surface area contributed by atoms with Gasteiger partial charge in [-0.1, -0.05) is 24.3 Å². The van der Waals surface area contributed by atoms with Crippen molar-refractivity contribution in [3.8, 4) is 0 Å². The molecule has 0 fully saturated rings. The van der Waals surface area contributed by atoms with Crippen molar-refractivity contribution in [1.82, 2.24) is 19.2 Å². The molecule has 0 amide bonds. The third kappa shape index (κ3) is 2.99. The van der Waals surface area contributed by atoms with Crippen molar-refractivity contribution in [2.24, 2.45) is 0 Å². The number of nitrogens with zero attached hydrogens (tertiary/aromatic N) is 4. The van der Waals surface area contributed by atoms with Crippen LogP contribution in [0.5, 0.6) is 0 Å². The maximum Gasteiger partial charge on any atom is 0.198 e. The van der Waals surface area contributed by atoms with Crippen LogP contribution in [0.25, 0.3) is 0 Å². The SMILES string of the molecule is COCCn1cnn(CN(C)C2CCc3ccccc32)c1=S. The van der Waals surface area contributed by atoms with Gasteiger partial charge >= 0.3 is 0 Å². The number of methoxy groups -OCH3 is 1. The third-order valence-electron chi connectivity index (χ3n) is 4.32. The first kappa shape index (κ1) is 15.4. The smallest absolute Gasteiger partial charge is 0.198 e. The zero-order valence-corrected chi connectivity index (χ0v) is 13.9. The van der Waals surface area contributed by atoms with Crippen molar-refractivity contribution in [2.75, 3.05) is 20.8 Å². The summed E-state index contributed by atoms with van der Waals surface area (Å²) in [5.41, 5.74) is 2.91. The summed E-state index contributed by atoms with van der Waals surface area (Å²) in [6.07, 6.45) is 4.10. The van der Waals surface area contributed by atoms with E-state index in [-0.39, 0.29) is 0 Å². The molecule has 22 heavy (non-hydrogen) atoms.